The minimum Gasteiger partial charge on any atom is -0.484 e. The molecular formula is C21H17ClN2O6S. The van der Waals surface area contributed by atoms with E-state index in [9.17, 15) is 19.7 Å². The Hall–Kier alpha value is -3.43. The highest BCUT2D eigenvalue weighted by atomic mass is 35.5. The van der Waals surface area contributed by atoms with Gasteiger partial charge in [-0.25, -0.2) is 4.79 Å². The van der Waals surface area contributed by atoms with Crippen LogP contribution in [0.4, 0.5) is 10.7 Å². The van der Waals surface area contributed by atoms with Gasteiger partial charge in [-0.2, -0.15) is 0 Å². The lowest BCUT2D eigenvalue weighted by Gasteiger charge is -2.09. The van der Waals surface area contributed by atoms with E-state index in [0.29, 0.717) is 21.3 Å². The van der Waals surface area contributed by atoms with Gasteiger partial charge in [0.15, 0.2) is 6.61 Å². The van der Waals surface area contributed by atoms with Gasteiger partial charge < -0.3 is 14.8 Å². The summed E-state index contributed by atoms with van der Waals surface area (Å²) in [6.45, 7) is 1.48. The molecule has 8 nitrogen and oxygen atoms in total. The van der Waals surface area contributed by atoms with Gasteiger partial charge in [-0.15, -0.1) is 11.3 Å². The number of non-ortho nitro benzene ring substituents is 1. The summed E-state index contributed by atoms with van der Waals surface area (Å²) < 4.78 is 10.3. The minimum atomic E-state index is -0.592. The highest BCUT2D eigenvalue weighted by Gasteiger charge is 2.25. The zero-order valence-corrected chi connectivity index (χ0v) is 18.1. The molecule has 3 aromatic rings. The monoisotopic (exact) mass is 460 g/mol. The van der Waals surface area contributed by atoms with Crippen LogP contribution >= 0.6 is 22.9 Å². The van der Waals surface area contributed by atoms with Gasteiger partial charge in [0, 0.05) is 27.6 Å². The van der Waals surface area contributed by atoms with Gasteiger partial charge in [0.25, 0.3) is 11.6 Å². The van der Waals surface area contributed by atoms with Crippen LogP contribution < -0.4 is 10.1 Å². The second-order valence-corrected chi connectivity index (χ2v) is 7.99. The summed E-state index contributed by atoms with van der Waals surface area (Å²) in [4.78, 5) is 35.9. The van der Waals surface area contributed by atoms with Crippen LogP contribution in [-0.2, 0) is 9.53 Å². The van der Waals surface area contributed by atoms with Crippen molar-refractivity contribution in [2.45, 2.75) is 6.92 Å². The summed E-state index contributed by atoms with van der Waals surface area (Å²) in [5.41, 5.74) is 1.51. The average molecular weight is 461 g/mol. The van der Waals surface area contributed by atoms with Gasteiger partial charge in [0.2, 0.25) is 0 Å². The van der Waals surface area contributed by atoms with Crippen molar-refractivity contribution >= 4 is 45.5 Å². The number of ether oxygens (including phenoxy) is 2. The summed E-state index contributed by atoms with van der Waals surface area (Å²) in [5, 5.41) is 14.2. The molecule has 1 heterocycles. The van der Waals surface area contributed by atoms with Crippen LogP contribution in [0.3, 0.4) is 0 Å². The van der Waals surface area contributed by atoms with Crippen molar-refractivity contribution in [2.75, 3.05) is 19.0 Å². The van der Waals surface area contributed by atoms with Crippen molar-refractivity contribution < 1.29 is 24.0 Å². The van der Waals surface area contributed by atoms with E-state index in [0.717, 1.165) is 10.4 Å². The summed E-state index contributed by atoms with van der Waals surface area (Å²) in [6.07, 6.45) is 0. The quantitative estimate of drug-likeness (QED) is 0.299. The second-order valence-electron chi connectivity index (χ2n) is 6.33. The number of nitro benzene ring substituents is 1. The number of aryl methyl sites for hydroxylation is 1. The predicted molar refractivity (Wildman–Crippen MR) is 118 cm³/mol. The van der Waals surface area contributed by atoms with Crippen LogP contribution in [0.25, 0.3) is 11.1 Å². The van der Waals surface area contributed by atoms with E-state index in [1.54, 1.807) is 18.2 Å². The number of hydrogen-bond donors (Lipinski definition) is 1. The van der Waals surface area contributed by atoms with Crippen LogP contribution in [0, 0.1) is 17.0 Å². The molecule has 0 atom stereocenters. The number of amides is 1. The van der Waals surface area contributed by atoms with E-state index in [2.05, 4.69) is 5.32 Å². The summed E-state index contributed by atoms with van der Waals surface area (Å²) in [7, 11) is 1.26. The van der Waals surface area contributed by atoms with Gasteiger partial charge in [-0.05, 0) is 36.8 Å². The maximum atomic E-state index is 12.5. The van der Waals surface area contributed by atoms with Crippen molar-refractivity contribution in [2.24, 2.45) is 0 Å². The topological polar surface area (TPSA) is 108 Å². The fraction of sp³-hybridized carbons (Fsp3) is 0.143. The summed E-state index contributed by atoms with van der Waals surface area (Å²) >= 11 is 7.33. The lowest BCUT2D eigenvalue weighted by Crippen LogP contribution is -2.21. The van der Waals surface area contributed by atoms with Crippen LogP contribution in [0.1, 0.15) is 15.2 Å². The van der Waals surface area contributed by atoms with E-state index in [4.69, 9.17) is 21.1 Å². The lowest BCUT2D eigenvalue weighted by atomic mass is 10.0. The smallest absolute Gasteiger partial charge is 0.341 e. The van der Waals surface area contributed by atoms with Gasteiger partial charge in [0.05, 0.1) is 12.0 Å². The van der Waals surface area contributed by atoms with Crippen LogP contribution in [0.2, 0.25) is 5.02 Å². The Morgan fingerprint density at radius 3 is 2.52 bits per heavy atom. The Balaban J connectivity index is 1.80. The molecule has 0 saturated carbocycles. The maximum Gasteiger partial charge on any atom is 0.341 e. The number of carbonyl (C=O) groups excluding carboxylic acids is 2. The summed E-state index contributed by atoms with van der Waals surface area (Å²) in [6, 6.07) is 12.4. The molecule has 0 spiro atoms. The number of hydrogen-bond acceptors (Lipinski definition) is 7. The molecule has 0 aliphatic carbocycles. The molecule has 0 aliphatic heterocycles. The Kier molecular flexibility index (Phi) is 6.88. The Bertz CT molecular complexity index is 1140. The van der Waals surface area contributed by atoms with Crippen molar-refractivity contribution in [3.05, 3.63) is 74.1 Å². The zero-order valence-electron chi connectivity index (χ0n) is 16.5. The van der Waals surface area contributed by atoms with Gasteiger partial charge >= 0.3 is 5.97 Å². The van der Waals surface area contributed by atoms with E-state index < -0.39 is 16.8 Å². The molecule has 0 saturated heterocycles. The van der Waals surface area contributed by atoms with E-state index >= 15 is 0 Å². The second kappa shape index (κ2) is 9.59. The molecule has 0 unspecified atom stereocenters. The normalized spacial score (nSPS) is 10.4. The minimum absolute atomic E-state index is 0.0814. The number of thiophene rings is 1. The first-order valence-corrected chi connectivity index (χ1v) is 10.1. The number of nitrogens with one attached hydrogen (secondary N) is 1. The van der Waals surface area contributed by atoms with Crippen LogP contribution in [-0.4, -0.2) is 30.5 Å². The number of esters is 1. The summed E-state index contributed by atoms with van der Waals surface area (Å²) in [5.74, 6) is -0.788. The molecule has 3 rings (SSSR count). The van der Waals surface area contributed by atoms with Gasteiger partial charge in [0.1, 0.15) is 16.3 Å². The fourth-order valence-electron chi connectivity index (χ4n) is 2.90. The standard InChI is InChI=1S/C21H17ClN2O6S/c1-12-18(13-4-3-5-14(22)10-13)19(21(26)29-2)20(31-12)23-17(25)11-30-16-8-6-15(7-9-16)24(27)28/h3-10H,11H2,1-2H3,(H,23,25). The molecule has 0 aliphatic rings. The Labute approximate surface area is 186 Å². The first kappa shape index (κ1) is 22.3. The molecule has 1 aromatic heterocycles. The molecule has 0 radical (unpaired) electrons. The van der Waals surface area contributed by atoms with Crippen molar-refractivity contribution in [1.29, 1.82) is 0 Å². The van der Waals surface area contributed by atoms with Crippen molar-refractivity contribution in [3.63, 3.8) is 0 Å². The number of rotatable bonds is 7. The average Bonchev–Trinajstić information content (AvgIpc) is 3.07. The first-order valence-electron chi connectivity index (χ1n) is 8.95. The largest absolute Gasteiger partial charge is 0.484 e. The number of halogens is 1. The molecule has 0 bridgehead atoms. The van der Waals surface area contributed by atoms with Gasteiger partial charge in [-0.3, -0.25) is 14.9 Å². The van der Waals surface area contributed by atoms with Crippen molar-refractivity contribution in [1.82, 2.24) is 0 Å². The van der Waals surface area contributed by atoms with E-state index in [1.165, 1.54) is 42.7 Å². The Morgan fingerprint density at radius 2 is 1.90 bits per heavy atom. The number of carbonyl (C=O) groups is 2. The third-order valence-corrected chi connectivity index (χ3v) is 5.51. The van der Waals surface area contributed by atoms with Gasteiger partial charge in [-0.1, -0.05) is 23.7 Å². The number of nitro groups is 1. The van der Waals surface area contributed by atoms with E-state index in [1.807, 2.05) is 13.0 Å². The zero-order chi connectivity index (χ0) is 22.5. The molecule has 1 N–H and O–H groups in total. The number of anilines is 1. The fourth-order valence-corrected chi connectivity index (χ4v) is 4.17. The molecule has 2 aromatic carbocycles. The van der Waals surface area contributed by atoms with Crippen LogP contribution in [0.15, 0.2) is 48.5 Å². The maximum absolute atomic E-state index is 12.5. The number of benzene rings is 2. The number of nitrogens with zero attached hydrogens (tertiary/aromatic N) is 1. The third kappa shape index (κ3) is 5.19. The third-order valence-electron chi connectivity index (χ3n) is 4.26. The van der Waals surface area contributed by atoms with E-state index in [-0.39, 0.29) is 17.9 Å². The molecule has 10 heteroatoms. The number of methoxy groups -OCH3 is 1. The highest BCUT2D eigenvalue weighted by Crippen LogP contribution is 2.41. The van der Waals surface area contributed by atoms with Crippen LogP contribution in [0.5, 0.6) is 5.75 Å². The van der Waals surface area contributed by atoms with Crippen molar-refractivity contribution in [3.8, 4) is 16.9 Å². The lowest BCUT2D eigenvalue weighted by molar-refractivity contribution is -0.384. The SMILES string of the molecule is COC(=O)c1c(NC(=O)COc2ccc([N+](=O)[O-])cc2)sc(C)c1-c1cccc(Cl)c1. The molecule has 1 amide bonds. The highest BCUT2D eigenvalue weighted by molar-refractivity contribution is 7.17. The predicted octanol–water partition coefficient (Wildman–Crippen LogP) is 5.09. The Morgan fingerprint density at radius 1 is 1.19 bits per heavy atom. The molecule has 31 heavy (non-hydrogen) atoms. The molecule has 0 fully saturated rings. The first-order chi connectivity index (χ1) is 14.8. The molecular weight excluding hydrogens is 444 g/mol. The molecule has 160 valence electrons.